The average Bonchev–Trinajstić information content (AvgIpc) is 2.73. The van der Waals surface area contributed by atoms with Crippen LogP contribution < -0.4 is 10.1 Å². The Morgan fingerprint density at radius 1 is 1.81 bits per heavy atom. The Morgan fingerprint density at radius 2 is 2.69 bits per heavy atom. The first kappa shape index (κ1) is 10.7. The van der Waals surface area contributed by atoms with Crippen LogP contribution in [0.4, 0.5) is 9.18 Å². The van der Waals surface area contributed by atoms with Crippen LogP contribution in [0, 0.1) is 0 Å². The lowest BCUT2D eigenvalue weighted by atomic mass is 10.3. The standard InChI is InChI=1S/C9H12FN3O3/c10-2-4-11-9(14)16-7-5-13-8(15-6-7)1-3-12-13/h1,3,7H,2,4-6H2,(H,11,14). The molecule has 0 fully saturated rings. The third-order valence-electron chi connectivity index (χ3n) is 2.11. The number of hydrogen-bond donors (Lipinski definition) is 1. The minimum absolute atomic E-state index is 0.0422. The quantitative estimate of drug-likeness (QED) is 0.811. The molecule has 1 unspecified atom stereocenters. The highest BCUT2D eigenvalue weighted by molar-refractivity contribution is 5.67. The van der Waals surface area contributed by atoms with Crippen LogP contribution >= 0.6 is 0 Å². The molecular weight excluding hydrogens is 217 g/mol. The van der Waals surface area contributed by atoms with Crippen LogP contribution in [0.2, 0.25) is 0 Å². The van der Waals surface area contributed by atoms with Gasteiger partial charge >= 0.3 is 6.09 Å². The number of nitrogens with zero attached hydrogens (tertiary/aromatic N) is 2. The van der Waals surface area contributed by atoms with Gasteiger partial charge in [0, 0.05) is 12.6 Å². The average molecular weight is 229 g/mol. The van der Waals surface area contributed by atoms with Crippen molar-refractivity contribution >= 4 is 6.09 Å². The summed E-state index contributed by atoms with van der Waals surface area (Å²) in [6.07, 6.45) is 0.579. The normalized spacial score (nSPS) is 18.4. The lowest BCUT2D eigenvalue weighted by molar-refractivity contribution is 0.0304. The number of carbonyl (C=O) groups excluding carboxylic acids is 1. The van der Waals surface area contributed by atoms with Crippen molar-refractivity contribution in [2.45, 2.75) is 12.6 Å². The van der Waals surface area contributed by atoms with Crippen molar-refractivity contribution in [1.82, 2.24) is 15.1 Å². The number of halogens is 1. The van der Waals surface area contributed by atoms with Gasteiger partial charge in [-0.15, -0.1) is 0 Å². The van der Waals surface area contributed by atoms with Gasteiger partial charge in [-0.05, 0) is 0 Å². The Bertz CT molecular complexity index is 369. The van der Waals surface area contributed by atoms with Crippen molar-refractivity contribution in [2.75, 3.05) is 19.8 Å². The van der Waals surface area contributed by atoms with Crippen molar-refractivity contribution in [3.8, 4) is 5.88 Å². The molecule has 0 bridgehead atoms. The van der Waals surface area contributed by atoms with Gasteiger partial charge in [0.05, 0.1) is 12.7 Å². The fourth-order valence-corrected chi connectivity index (χ4v) is 1.42. The predicted molar refractivity (Wildman–Crippen MR) is 52.0 cm³/mol. The van der Waals surface area contributed by atoms with Crippen LogP contribution in [0.5, 0.6) is 5.88 Å². The fraction of sp³-hybridized carbons (Fsp3) is 0.556. The molecule has 0 radical (unpaired) electrons. The van der Waals surface area contributed by atoms with Crippen molar-refractivity contribution in [2.24, 2.45) is 0 Å². The number of fused-ring (bicyclic) bond motifs is 1. The smallest absolute Gasteiger partial charge is 0.407 e. The highest BCUT2D eigenvalue weighted by Gasteiger charge is 2.22. The zero-order valence-electron chi connectivity index (χ0n) is 8.56. The molecule has 1 N–H and O–H groups in total. The van der Waals surface area contributed by atoms with E-state index in [1.165, 1.54) is 0 Å². The van der Waals surface area contributed by atoms with Crippen LogP contribution in [-0.2, 0) is 11.3 Å². The number of aromatic nitrogens is 2. The summed E-state index contributed by atoms with van der Waals surface area (Å²) in [5.41, 5.74) is 0. The van der Waals surface area contributed by atoms with Gasteiger partial charge in [0.25, 0.3) is 0 Å². The van der Waals surface area contributed by atoms with Gasteiger partial charge in [-0.1, -0.05) is 0 Å². The number of alkyl carbamates (subject to hydrolysis) is 1. The monoisotopic (exact) mass is 229 g/mol. The maximum Gasteiger partial charge on any atom is 0.407 e. The summed E-state index contributed by atoms with van der Waals surface area (Å²) in [5, 5.41) is 6.27. The number of ether oxygens (including phenoxy) is 2. The van der Waals surface area contributed by atoms with Gasteiger partial charge in [-0.25, -0.2) is 13.9 Å². The van der Waals surface area contributed by atoms with Gasteiger partial charge in [-0.3, -0.25) is 0 Å². The Balaban J connectivity index is 1.82. The molecule has 0 aliphatic carbocycles. The van der Waals surface area contributed by atoms with Crippen LogP contribution in [-0.4, -0.2) is 41.8 Å². The summed E-state index contributed by atoms with van der Waals surface area (Å²) in [7, 11) is 0. The molecule has 2 rings (SSSR count). The molecule has 0 spiro atoms. The van der Waals surface area contributed by atoms with Crippen molar-refractivity contribution in [3.05, 3.63) is 12.3 Å². The molecule has 6 nitrogen and oxygen atoms in total. The molecule has 1 aliphatic heterocycles. The Labute approximate surface area is 91.3 Å². The molecule has 88 valence electrons. The van der Waals surface area contributed by atoms with Crippen LogP contribution in [0.1, 0.15) is 0 Å². The topological polar surface area (TPSA) is 65.4 Å². The molecule has 0 saturated carbocycles. The maximum atomic E-state index is 11.8. The summed E-state index contributed by atoms with van der Waals surface area (Å²) in [5.74, 6) is 0.656. The molecule has 1 amide bonds. The van der Waals surface area contributed by atoms with Crippen LogP contribution in [0.15, 0.2) is 12.3 Å². The van der Waals surface area contributed by atoms with Crippen LogP contribution in [0.25, 0.3) is 0 Å². The SMILES string of the molecule is O=C(NCCF)OC1COc2ccnn2C1. The van der Waals surface area contributed by atoms with Gasteiger partial charge in [0.15, 0.2) is 6.10 Å². The highest BCUT2D eigenvalue weighted by Crippen LogP contribution is 2.16. The molecular formula is C9H12FN3O3. The summed E-state index contributed by atoms with van der Waals surface area (Å²) >= 11 is 0. The molecule has 0 saturated heterocycles. The minimum Gasteiger partial charge on any atom is -0.474 e. The molecule has 1 aliphatic rings. The summed E-state index contributed by atoms with van der Waals surface area (Å²) in [6.45, 7) is 0.0825. The number of nitrogens with one attached hydrogen (secondary N) is 1. The van der Waals surface area contributed by atoms with Gasteiger partial charge in [0.2, 0.25) is 5.88 Å². The van der Waals surface area contributed by atoms with Crippen LogP contribution in [0.3, 0.4) is 0 Å². The molecule has 1 aromatic heterocycles. The Morgan fingerprint density at radius 3 is 3.50 bits per heavy atom. The minimum atomic E-state index is -0.637. The first-order valence-electron chi connectivity index (χ1n) is 4.94. The maximum absolute atomic E-state index is 11.8. The zero-order valence-corrected chi connectivity index (χ0v) is 8.56. The highest BCUT2D eigenvalue weighted by atomic mass is 19.1. The lowest BCUT2D eigenvalue weighted by Crippen LogP contribution is -2.38. The largest absolute Gasteiger partial charge is 0.474 e. The van der Waals surface area contributed by atoms with E-state index in [0.29, 0.717) is 12.4 Å². The second-order valence-electron chi connectivity index (χ2n) is 3.31. The molecule has 1 atom stereocenters. The Kier molecular flexibility index (Phi) is 3.23. The van der Waals surface area contributed by atoms with E-state index in [2.05, 4.69) is 10.4 Å². The first-order chi connectivity index (χ1) is 7.79. The van der Waals surface area contributed by atoms with Gasteiger partial charge in [0.1, 0.15) is 13.3 Å². The second-order valence-corrected chi connectivity index (χ2v) is 3.31. The van der Waals surface area contributed by atoms with Crippen molar-refractivity contribution < 1.29 is 18.7 Å². The van der Waals surface area contributed by atoms with E-state index in [0.717, 1.165) is 0 Å². The molecule has 0 aromatic carbocycles. The number of amides is 1. The number of hydrogen-bond acceptors (Lipinski definition) is 4. The predicted octanol–water partition coefficient (Wildman–Crippen LogP) is 0.340. The zero-order chi connectivity index (χ0) is 11.4. The lowest BCUT2D eigenvalue weighted by Gasteiger charge is -2.23. The molecule has 1 aromatic rings. The van der Waals surface area contributed by atoms with Gasteiger partial charge < -0.3 is 14.8 Å². The van der Waals surface area contributed by atoms with Crippen molar-refractivity contribution in [1.29, 1.82) is 0 Å². The van der Waals surface area contributed by atoms with Crippen molar-refractivity contribution in [3.63, 3.8) is 0 Å². The number of rotatable bonds is 3. The van der Waals surface area contributed by atoms with Gasteiger partial charge in [-0.2, -0.15) is 5.10 Å². The number of carbonyl (C=O) groups is 1. The summed E-state index contributed by atoms with van der Waals surface area (Å²) in [4.78, 5) is 11.1. The Hall–Kier alpha value is -1.79. The fourth-order valence-electron chi connectivity index (χ4n) is 1.42. The first-order valence-corrected chi connectivity index (χ1v) is 4.94. The van der Waals surface area contributed by atoms with E-state index >= 15 is 0 Å². The third-order valence-corrected chi connectivity index (χ3v) is 2.11. The summed E-state index contributed by atoms with van der Waals surface area (Å²) < 4.78 is 23.7. The van der Waals surface area contributed by atoms with E-state index in [1.54, 1.807) is 16.9 Å². The molecule has 16 heavy (non-hydrogen) atoms. The van der Waals surface area contributed by atoms with E-state index < -0.39 is 18.9 Å². The molecule has 2 heterocycles. The molecule has 7 heteroatoms. The van der Waals surface area contributed by atoms with E-state index in [1.807, 2.05) is 0 Å². The van der Waals surface area contributed by atoms with E-state index in [9.17, 15) is 9.18 Å². The second kappa shape index (κ2) is 4.82. The summed E-state index contributed by atoms with van der Waals surface area (Å²) in [6, 6.07) is 1.74. The van der Waals surface area contributed by atoms with E-state index in [4.69, 9.17) is 9.47 Å². The number of alkyl halides is 1. The van der Waals surface area contributed by atoms with E-state index in [-0.39, 0.29) is 13.2 Å². The third kappa shape index (κ3) is 2.41.